The number of rotatable bonds is 5. The monoisotopic (exact) mass is 378 g/mol. The van der Waals surface area contributed by atoms with Crippen LogP contribution in [0.25, 0.3) is 0 Å². The van der Waals surface area contributed by atoms with Crippen molar-refractivity contribution in [1.29, 1.82) is 0 Å². The molecule has 2 amide bonds. The Balaban J connectivity index is 2.10. The largest absolute Gasteiger partial charge is 0.350 e. The molecule has 4 nitrogen and oxygen atoms in total. The van der Waals surface area contributed by atoms with Crippen LogP contribution in [0.15, 0.2) is 36.4 Å². The van der Waals surface area contributed by atoms with Crippen LogP contribution >= 0.6 is 23.2 Å². The van der Waals surface area contributed by atoms with Crippen molar-refractivity contribution in [3.63, 3.8) is 0 Å². The summed E-state index contributed by atoms with van der Waals surface area (Å²) in [6, 6.07) is 10.6. The van der Waals surface area contributed by atoms with Crippen molar-refractivity contribution in [2.24, 2.45) is 0 Å². The number of amides is 2. The van der Waals surface area contributed by atoms with Crippen molar-refractivity contribution in [3.8, 4) is 0 Å². The van der Waals surface area contributed by atoms with Gasteiger partial charge in [0.25, 0.3) is 5.91 Å². The molecule has 0 heterocycles. The number of halogens is 2. The van der Waals surface area contributed by atoms with Gasteiger partial charge in [0.1, 0.15) is 0 Å². The predicted octanol–water partition coefficient (Wildman–Crippen LogP) is 4.39. The lowest BCUT2D eigenvalue weighted by atomic mass is 10.1. The maximum atomic E-state index is 12.2. The molecule has 25 heavy (non-hydrogen) atoms. The quantitative estimate of drug-likeness (QED) is 0.838. The Morgan fingerprint density at radius 2 is 1.76 bits per heavy atom. The summed E-state index contributed by atoms with van der Waals surface area (Å²) >= 11 is 12.4. The molecule has 0 saturated carbocycles. The number of nitrogens with one attached hydrogen (secondary N) is 1. The second kappa shape index (κ2) is 8.37. The fourth-order valence-corrected chi connectivity index (χ4v) is 3.34. The third-order valence-electron chi connectivity index (χ3n) is 3.79. The van der Waals surface area contributed by atoms with Crippen LogP contribution in [0, 0.1) is 13.8 Å². The van der Waals surface area contributed by atoms with Crippen molar-refractivity contribution >= 4 is 40.7 Å². The van der Waals surface area contributed by atoms with Gasteiger partial charge in [-0.1, -0.05) is 41.4 Å². The Morgan fingerprint density at radius 1 is 1.08 bits per heavy atom. The molecule has 0 atom stereocenters. The number of anilines is 1. The van der Waals surface area contributed by atoms with Gasteiger partial charge >= 0.3 is 0 Å². The average molecular weight is 379 g/mol. The zero-order chi connectivity index (χ0) is 18.6. The maximum absolute atomic E-state index is 12.2. The summed E-state index contributed by atoms with van der Waals surface area (Å²) in [5.74, 6) is -0.415. The van der Waals surface area contributed by atoms with Gasteiger partial charge in [-0.15, -0.1) is 0 Å². The van der Waals surface area contributed by atoms with Gasteiger partial charge in [0, 0.05) is 20.0 Å². The van der Waals surface area contributed by atoms with Gasteiger partial charge in [-0.3, -0.25) is 9.59 Å². The summed E-state index contributed by atoms with van der Waals surface area (Å²) in [6.07, 6.45) is 0. The van der Waals surface area contributed by atoms with E-state index >= 15 is 0 Å². The van der Waals surface area contributed by atoms with Crippen LogP contribution in [-0.2, 0) is 4.79 Å². The molecule has 0 aromatic heterocycles. The molecule has 132 valence electrons. The predicted molar refractivity (Wildman–Crippen MR) is 103 cm³/mol. The second-order valence-electron chi connectivity index (χ2n) is 5.82. The van der Waals surface area contributed by atoms with Gasteiger partial charge in [0.2, 0.25) is 5.91 Å². The van der Waals surface area contributed by atoms with E-state index in [1.807, 2.05) is 26.0 Å². The van der Waals surface area contributed by atoms with Crippen LogP contribution < -0.4 is 10.2 Å². The van der Waals surface area contributed by atoms with Gasteiger partial charge in [-0.2, -0.15) is 0 Å². The third kappa shape index (κ3) is 4.74. The minimum absolute atomic E-state index is 0.138. The Bertz CT molecular complexity index is 783. The van der Waals surface area contributed by atoms with Crippen LogP contribution in [0.1, 0.15) is 28.4 Å². The summed E-state index contributed by atoms with van der Waals surface area (Å²) < 4.78 is 0. The molecule has 6 heteroatoms. The normalized spacial score (nSPS) is 10.4. The van der Waals surface area contributed by atoms with Gasteiger partial charge < -0.3 is 10.2 Å². The van der Waals surface area contributed by atoms with E-state index in [9.17, 15) is 9.59 Å². The van der Waals surface area contributed by atoms with Crippen molar-refractivity contribution in [1.82, 2.24) is 5.32 Å². The molecule has 0 aliphatic heterocycles. The maximum Gasteiger partial charge on any atom is 0.252 e. The molecular weight excluding hydrogens is 359 g/mol. The number of hydrogen-bond acceptors (Lipinski definition) is 2. The Labute approximate surface area is 157 Å². The third-order valence-corrected chi connectivity index (χ3v) is 4.41. The number of carbonyl (C=O) groups is 2. The number of nitrogens with zero attached hydrogens (tertiary/aromatic N) is 1. The van der Waals surface area contributed by atoms with E-state index in [4.69, 9.17) is 23.2 Å². The summed E-state index contributed by atoms with van der Waals surface area (Å²) in [7, 11) is 0. The summed E-state index contributed by atoms with van der Waals surface area (Å²) in [5.41, 5.74) is 3.02. The second-order valence-corrected chi connectivity index (χ2v) is 6.63. The summed E-state index contributed by atoms with van der Waals surface area (Å²) in [5, 5.41) is 3.69. The van der Waals surface area contributed by atoms with Gasteiger partial charge in [0.05, 0.1) is 21.3 Å². The highest BCUT2D eigenvalue weighted by atomic mass is 35.5. The van der Waals surface area contributed by atoms with E-state index in [2.05, 4.69) is 5.32 Å². The van der Waals surface area contributed by atoms with Crippen molar-refractivity contribution in [2.45, 2.75) is 20.8 Å². The van der Waals surface area contributed by atoms with Crippen molar-refractivity contribution in [3.05, 3.63) is 63.1 Å². The molecule has 2 aromatic rings. The first-order chi connectivity index (χ1) is 11.8. The topological polar surface area (TPSA) is 49.4 Å². The Morgan fingerprint density at radius 3 is 2.36 bits per heavy atom. The highest BCUT2D eigenvalue weighted by molar-refractivity contribution is 6.34. The highest BCUT2D eigenvalue weighted by Gasteiger charge is 2.18. The van der Waals surface area contributed by atoms with Crippen molar-refractivity contribution in [2.75, 3.05) is 18.0 Å². The van der Waals surface area contributed by atoms with Crippen LogP contribution in [0.3, 0.4) is 0 Å². The van der Waals surface area contributed by atoms with E-state index in [0.717, 1.165) is 11.1 Å². The van der Waals surface area contributed by atoms with Gasteiger partial charge in [-0.05, 0) is 43.2 Å². The van der Waals surface area contributed by atoms with E-state index in [-0.39, 0.29) is 18.4 Å². The lowest BCUT2D eigenvalue weighted by Gasteiger charge is -2.25. The van der Waals surface area contributed by atoms with Crippen LogP contribution in [0.5, 0.6) is 0 Å². The number of hydrogen-bond donors (Lipinski definition) is 1. The minimum Gasteiger partial charge on any atom is -0.350 e. The molecule has 0 aliphatic rings. The fourth-order valence-electron chi connectivity index (χ4n) is 2.70. The van der Waals surface area contributed by atoms with Crippen molar-refractivity contribution < 1.29 is 9.59 Å². The zero-order valence-electron chi connectivity index (χ0n) is 14.4. The van der Waals surface area contributed by atoms with Crippen LogP contribution in [0.2, 0.25) is 10.0 Å². The van der Waals surface area contributed by atoms with Gasteiger partial charge in [0.15, 0.2) is 0 Å². The standard InChI is InChI=1S/C19H20Cl2N2O2/c1-12-10-13(2)18(17(21)11-12)23(14(3)24)9-8-22-19(25)15-6-4-5-7-16(15)20/h4-7,10-11H,8-9H2,1-3H3,(H,22,25). The number of carbonyl (C=O) groups excluding carboxylic acids is 2. The minimum atomic E-state index is -0.277. The SMILES string of the molecule is CC(=O)N(CCNC(=O)c1ccccc1Cl)c1c(C)cc(C)cc1Cl. The molecule has 1 N–H and O–H groups in total. The Kier molecular flexibility index (Phi) is 6.45. The average Bonchev–Trinajstić information content (AvgIpc) is 2.52. The number of aryl methyl sites for hydroxylation is 2. The van der Waals surface area contributed by atoms with Gasteiger partial charge in [-0.25, -0.2) is 0 Å². The molecule has 0 fully saturated rings. The van der Waals surface area contributed by atoms with Crippen LogP contribution in [0.4, 0.5) is 5.69 Å². The first-order valence-electron chi connectivity index (χ1n) is 7.89. The highest BCUT2D eigenvalue weighted by Crippen LogP contribution is 2.31. The molecule has 0 unspecified atom stereocenters. The molecule has 0 aliphatic carbocycles. The lowest BCUT2D eigenvalue weighted by molar-refractivity contribution is -0.116. The zero-order valence-corrected chi connectivity index (χ0v) is 15.9. The fraction of sp³-hybridized carbons (Fsp3) is 0.263. The first-order valence-corrected chi connectivity index (χ1v) is 8.64. The first kappa shape index (κ1) is 19.3. The van der Waals surface area contributed by atoms with E-state index in [0.29, 0.717) is 27.8 Å². The van der Waals surface area contributed by atoms with E-state index < -0.39 is 0 Å². The molecule has 2 rings (SSSR count). The summed E-state index contributed by atoms with van der Waals surface area (Å²) in [6.45, 7) is 5.94. The number of benzene rings is 2. The lowest BCUT2D eigenvalue weighted by Crippen LogP contribution is -2.38. The smallest absolute Gasteiger partial charge is 0.252 e. The molecule has 0 radical (unpaired) electrons. The molecular formula is C19H20Cl2N2O2. The molecule has 0 spiro atoms. The Hall–Kier alpha value is -2.04. The summed E-state index contributed by atoms with van der Waals surface area (Å²) in [4.78, 5) is 25.8. The van der Waals surface area contributed by atoms with Crippen LogP contribution in [-0.4, -0.2) is 24.9 Å². The molecule has 0 saturated heterocycles. The van der Waals surface area contributed by atoms with E-state index in [1.54, 1.807) is 29.2 Å². The molecule has 2 aromatic carbocycles. The molecule has 0 bridgehead atoms. The van der Waals surface area contributed by atoms with E-state index in [1.165, 1.54) is 6.92 Å².